The molecule has 0 spiro atoms. The summed E-state index contributed by atoms with van der Waals surface area (Å²) < 4.78 is 5.07. The fraction of sp³-hybridized carbons (Fsp3) is 0.364. The van der Waals surface area contributed by atoms with Gasteiger partial charge in [-0.25, -0.2) is 4.98 Å². The minimum absolute atomic E-state index is 0.111. The van der Waals surface area contributed by atoms with Crippen LogP contribution >= 0.6 is 23.2 Å². The first-order valence-electron chi connectivity index (χ1n) is 10.4. The van der Waals surface area contributed by atoms with Crippen molar-refractivity contribution in [2.45, 2.75) is 18.4 Å². The molecule has 9 nitrogen and oxygen atoms in total. The molecule has 1 aliphatic rings. The van der Waals surface area contributed by atoms with E-state index in [1.54, 1.807) is 24.3 Å². The van der Waals surface area contributed by atoms with E-state index in [1.807, 2.05) is 0 Å². The molecule has 0 aliphatic carbocycles. The van der Waals surface area contributed by atoms with E-state index in [1.165, 1.54) is 19.2 Å². The van der Waals surface area contributed by atoms with Crippen LogP contribution in [0, 0.1) is 0 Å². The number of benzene rings is 1. The van der Waals surface area contributed by atoms with Crippen molar-refractivity contribution < 1.29 is 19.1 Å². The highest BCUT2D eigenvalue weighted by molar-refractivity contribution is 6.30. The summed E-state index contributed by atoms with van der Waals surface area (Å²) in [6, 6.07) is 9.38. The molecule has 1 aromatic carbocycles. The molecule has 0 bridgehead atoms. The minimum Gasteiger partial charge on any atom is -0.481 e. The molecule has 11 heteroatoms. The third-order valence-electron chi connectivity index (χ3n) is 5.29. The lowest BCUT2D eigenvalue weighted by Crippen LogP contribution is -2.63. The number of ether oxygens (including phenoxy) is 1. The summed E-state index contributed by atoms with van der Waals surface area (Å²) in [6.07, 6.45) is 0.829. The number of pyridine rings is 1. The Balaban J connectivity index is 1.60. The van der Waals surface area contributed by atoms with Crippen molar-refractivity contribution in [2.24, 2.45) is 0 Å². The summed E-state index contributed by atoms with van der Waals surface area (Å²) in [5.41, 5.74) is -0.377. The van der Waals surface area contributed by atoms with E-state index < -0.39 is 11.4 Å². The Morgan fingerprint density at radius 3 is 2.33 bits per heavy atom. The Labute approximate surface area is 201 Å². The van der Waals surface area contributed by atoms with E-state index in [-0.39, 0.29) is 41.5 Å². The predicted molar refractivity (Wildman–Crippen MR) is 125 cm³/mol. The van der Waals surface area contributed by atoms with Crippen LogP contribution in [0.15, 0.2) is 36.4 Å². The number of hydrogen-bond acceptors (Lipinski definition) is 6. The van der Waals surface area contributed by atoms with Gasteiger partial charge in [-0.2, -0.15) is 0 Å². The zero-order valence-electron chi connectivity index (χ0n) is 18.0. The molecule has 1 aromatic heterocycles. The number of carbonyl (C=O) groups is 3. The van der Waals surface area contributed by atoms with Crippen LogP contribution in [0.2, 0.25) is 10.2 Å². The first-order valence-corrected chi connectivity index (χ1v) is 11.2. The molecule has 2 heterocycles. The Morgan fingerprint density at radius 1 is 1.00 bits per heavy atom. The van der Waals surface area contributed by atoms with Crippen LogP contribution in [0.1, 0.15) is 33.6 Å². The summed E-state index contributed by atoms with van der Waals surface area (Å²) in [7, 11) is 1.42. The third-order valence-corrected chi connectivity index (χ3v) is 5.73. The molecule has 176 valence electrons. The van der Waals surface area contributed by atoms with E-state index in [4.69, 9.17) is 27.9 Å². The van der Waals surface area contributed by atoms with Crippen LogP contribution in [-0.2, 0) is 4.79 Å². The van der Waals surface area contributed by atoms with E-state index in [2.05, 4.69) is 26.3 Å². The lowest BCUT2D eigenvalue weighted by molar-refractivity contribution is -0.128. The lowest BCUT2D eigenvalue weighted by Gasteiger charge is -2.37. The van der Waals surface area contributed by atoms with Gasteiger partial charge in [0.25, 0.3) is 11.8 Å². The second-order valence-corrected chi connectivity index (χ2v) is 8.35. The van der Waals surface area contributed by atoms with Gasteiger partial charge in [-0.05, 0) is 56.3 Å². The molecule has 1 aliphatic heterocycles. The summed E-state index contributed by atoms with van der Waals surface area (Å²) in [5.74, 6) is -0.835. The van der Waals surface area contributed by atoms with Crippen molar-refractivity contribution in [1.82, 2.24) is 26.3 Å². The molecule has 3 amide bonds. The van der Waals surface area contributed by atoms with Crippen LogP contribution in [0.4, 0.5) is 0 Å². The molecule has 1 fully saturated rings. The van der Waals surface area contributed by atoms with Gasteiger partial charge in [-0.3, -0.25) is 14.4 Å². The molecule has 33 heavy (non-hydrogen) atoms. The fourth-order valence-corrected chi connectivity index (χ4v) is 3.81. The van der Waals surface area contributed by atoms with Gasteiger partial charge in [0, 0.05) is 35.3 Å². The first kappa shape index (κ1) is 24.8. The van der Waals surface area contributed by atoms with Crippen LogP contribution in [-0.4, -0.2) is 61.5 Å². The second-order valence-electron chi connectivity index (χ2n) is 7.53. The maximum atomic E-state index is 13.1. The van der Waals surface area contributed by atoms with Crippen molar-refractivity contribution in [3.8, 4) is 5.88 Å². The van der Waals surface area contributed by atoms with E-state index in [0.717, 1.165) is 0 Å². The van der Waals surface area contributed by atoms with Crippen molar-refractivity contribution >= 4 is 40.9 Å². The standard InChI is InChI=1S/C22H25Cl2N5O4/c1-33-18-13-15(12-17(24)28-18)20(31)29-22(6-8-25-9-7-22)21(32)27-11-10-26-19(30)14-2-4-16(23)5-3-14/h2-5,12-13,25H,6-11H2,1H3,(H,26,30)(H,27,32)(H,29,31). The zero-order chi connectivity index (χ0) is 23.8. The molecule has 1 saturated heterocycles. The minimum atomic E-state index is -1.09. The molecule has 0 saturated carbocycles. The van der Waals surface area contributed by atoms with Crippen molar-refractivity contribution in [3.05, 3.63) is 57.7 Å². The maximum Gasteiger partial charge on any atom is 0.252 e. The first-order chi connectivity index (χ1) is 15.8. The summed E-state index contributed by atoms with van der Waals surface area (Å²) in [5, 5.41) is 12.3. The third kappa shape index (κ3) is 6.56. The number of nitrogens with one attached hydrogen (secondary N) is 4. The highest BCUT2D eigenvalue weighted by Gasteiger charge is 2.41. The maximum absolute atomic E-state index is 13.1. The molecule has 0 radical (unpaired) electrons. The summed E-state index contributed by atoms with van der Waals surface area (Å²) in [6.45, 7) is 1.58. The molecule has 0 unspecified atom stereocenters. The van der Waals surface area contributed by atoms with Crippen molar-refractivity contribution in [1.29, 1.82) is 0 Å². The number of aromatic nitrogens is 1. The quantitative estimate of drug-likeness (QED) is 0.328. The number of nitrogens with zero attached hydrogens (tertiary/aromatic N) is 1. The topological polar surface area (TPSA) is 121 Å². The van der Waals surface area contributed by atoms with Crippen LogP contribution in [0.25, 0.3) is 0 Å². The highest BCUT2D eigenvalue weighted by atomic mass is 35.5. The molecule has 4 N–H and O–H groups in total. The summed E-state index contributed by atoms with van der Waals surface area (Å²) in [4.78, 5) is 42.2. The monoisotopic (exact) mass is 493 g/mol. The smallest absolute Gasteiger partial charge is 0.252 e. The van der Waals surface area contributed by atoms with Gasteiger partial charge in [0.15, 0.2) is 0 Å². The van der Waals surface area contributed by atoms with E-state index >= 15 is 0 Å². The Bertz CT molecular complexity index is 1010. The van der Waals surface area contributed by atoms with E-state index in [0.29, 0.717) is 36.5 Å². The number of rotatable bonds is 8. The molecule has 2 aromatic rings. The zero-order valence-corrected chi connectivity index (χ0v) is 19.6. The van der Waals surface area contributed by atoms with Gasteiger partial charge in [-0.1, -0.05) is 23.2 Å². The molecular weight excluding hydrogens is 469 g/mol. The van der Waals surface area contributed by atoms with Crippen LogP contribution in [0.3, 0.4) is 0 Å². The number of halogens is 2. The van der Waals surface area contributed by atoms with Crippen molar-refractivity contribution in [3.63, 3.8) is 0 Å². The van der Waals surface area contributed by atoms with E-state index in [9.17, 15) is 14.4 Å². The highest BCUT2D eigenvalue weighted by Crippen LogP contribution is 2.22. The van der Waals surface area contributed by atoms with Gasteiger partial charge in [0.2, 0.25) is 11.8 Å². The average molecular weight is 494 g/mol. The Kier molecular flexibility index (Phi) is 8.49. The van der Waals surface area contributed by atoms with Gasteiger partial charge in [-0.15, -0.1) is 0 Å². The van der Waals surface area contributed by atoms with Gasteiger partial charge < -0.3 is 26.0 Å². The van der Waals surface area contributed by atoms with Gasteiger partial charge >= 0.3 is 0 Å². The fourth-order valence-electron chi connectivity index (χ4n) is 3.48. The molecule has 0 atom stereocenters. The number of hydrogen-bond donors (Lipinski definition) is 4. The normalized spacial score (nSPS) is 14.8. The SMILES string of the molecule is COc1cc(C(=O)NC2(C(=O)NCCNC(=O)c3ccc(Cl)cc3)CCNCC2)cc(Cl)n1. The second kappa shape index (κ2) is 11.3. The predicted octanol–water partition coefficient (Wildman–Crippen LogP) is 1.80. The van der Waals surface area contributed by atoms with Gasteiger partial charge in [0.1, 0.15) is 10.7 Å². The number of piperidine rings is 1. The largest absolute Gasteiger partial charge is 0.481 e. The lowest BCUT2D eigenvalue weighted by atomic mass is 9.86. The average Bonchev–Trinajstić information content (AvgIpc) is 2.82. The Hall–Kier alpha value is -2.88. The van der Waals surface area contributed by atoms with Crippen molar-refractivity contribution in [2.75, 3.05) is 33.3 Å². The van der Waals surface area contributed by atoms with Crippen LogP contribution < -0.4 is 26.0 Å². The molecule has 3 rings (SSSR count). The number of amides is 3. The molecular formula is C22H25Cl2N5O4. The number of methoxy groups -OCH3 is 1. The summed E-state index contributed by atoms with van der Waals surface area (Å²) >= 11 is 11.8. The van der Waals surface area contributed by atoms with Gasteiger partial charge in [0.05, 0.1) is 7.11 Å². The number of carbonyl (C=O) groups excluding carboxylic acids is 3. The Morgan fingerprint density at radius 2 is 1.67 bits per heavy atom. The van der Waals surface area contributed by atoms with Crippen LogP contribution in [0.5, 0.6) is 5.88 Å².